The number of rotatable bonds is 5. The number of sulfonamides is 1. The van der Waals surface area contributed by atoms with Gasteiger partial charge in [-0.05, 0) is 69.5 Å². The molecule has 1 aliphatic heterocycles. The molecule has 7 heteroatoms. The SMILES string of the molecule is Cc1cc(C(C)NC(=O)c2cccc(S(=O)(=O)N3CCCc4ccccc43)c2)c(C)o1. The maximum atomic E-state index is 13.4. The van der Waals surface area contributed by atoms with E-state index in [1.54, 1.807) is 12.1 Å². The Balaban J connectivity index is 1.60. The first-order valence-electron chi connectivity index (χ1n) is 10.4. The van der Waals surface area contributed by atoms with Gasteiger partial charge < -0.3 is 9.73 Å². The van der Waals surface area contributed by atoms with Crippen LogP contribution in [0.1, 0.15) is 52.4 Å². The van der Waals surface area contributed by atoms with Crippen LogP contribution in [0, 0.1) is 13.8 Å². The lowest BCUT2D eigenvalue weighted by atomic mass is 10.0. The van der Waals surface area contributed by atoms with E-state index in [0.29, 0.717) is 17.8 Å². The largest absolute Gasteiger partial charge is 0.466 e. The summed E-state index contributed by atoms with van der Waals surface area (Å²) in [5, 5.41) is 2.93. The summed E-state index contributed by atoms with van der Waals surface area (Å²) in [7, 11) is -3.78. The van der Waals surface area contributed by atoms with Gasteiger partial charge in [0.05, 0.1) is 16.6 Å². The minimum Gasteiger partial charge on any atom is -0.466 e. The fourth-order valence-corrected chi connectivity index (χ4v) is 5.70. The molecule has 2 heterocycles. The number of amides is 1. The van der Waals surface area contributed by atoms with Crippen LogP contribution in [0.3, 0.4) is 0 Å². The standard InChI is InChI=1S/C24H26N2O4S/c1-16-14-22(18(3)30-16)17(2)25-24(27)20-9-6-11-21(15-20)31(28,29)26-13-7-10-19-8-4-5-12-23(19)26/h4-6,8-9,11-12,14-15,17H,7,10,13H2,1-3H3,(H,25,27). The van der Waals surface area contributed by atoms with Gasteiger partial charge in [-0.15, -0.1) is 0 Å². The van der Waals surface area contributed by atoms with E-state index in [1.807, 2.05) is 51.1 Å². The van der Waals surface area contributed by atoms with Crippen molar-refractivity contribution in [2.75, 3.05) is 10.8 Å². The average Bonchev–Trinajstić information content (AvgIpc) is 3.11. The Kier molecular flexibility index (Phi) is 5.62. The fraction of sp³-hybridized carbons (Fsp3) is 0.292. The Morgan fingerprint density at radius 3 is 2.61 bits per heavy atom. The number of para-hydroxylation sites is 1. The molecule has 3 aromatic rings. The molecular weight excluding hydrogens is 412 g/mol. The number of fused-ring (bicyclic) bond motifs is 1. The lowest BCUT2D eigenvalue weighted by Crippen LogP contribution is -2.35. The van der Waals surface area contributed by atoms with Crippen LogP contribution in [-0.4, -0.2) is 20.9 Å². The maximum Gasteiger partial charge on any atom is 0.264 e. The topological polar surface area (TPSA) is 79.6 Å². The van der Waals surface area contributed by atoms with Crippen molar-refractivity contribution in [3.8, 4) is 0 Å². The Morgan fingerprint density at radius 2 is 1.87 bits per heavy atom. The van der Waals surface area contributed by atoms with E-state index in [9.17, 15) is 13.2 Å². The van der Waals surface area contributed by atoms with E-state index in [0.717, 1.165) is 35.5 Å². The van der Waals surface area contributed by atoms with Crippen LogP contribution in [-0.2, 0) is 16.4 Å². The summed E-state index contributed by atoms with van der Waals surface area (Å²) in [6.45, 7) is 6.01. The Morgan fingerprint density at radius 1 is 1.10 bits per heavy atom. The van der Waals surface area contributed by atoms with Gasteiger partial charge in [0, 0.05) is 17.7 Å². The van der Waals surface area contributed by atoms with Crippen molar-refractivity contribution in [1.82, 2.24) is 5.32 Å². The molecule has 1 N–H and O–H groups in total. The average molecular weight is 439 g/mol. The minimum atomic E-state index is -3.78. The number of anilines is 1. The van der Waals surface area contributed by atoms with Crippen molar-refractivity contribution in [2.45, 2.75) is 44.6 Å². The van der Waals surface area contributed by atoms with Crippen molar-refractivity contribution < 1.29 is 17.6 Å². The summed E-state index contributed by atoms with van der Waals surface area (Å²) >= 11 is 0. The van der Waals surface area contributed by atoms with Crippen LogP contribution in [0.25, 0.3) is 0 Å². The molecule has 0 radical (unpaired) electrons. The van der Waals surface area contributed by atoms with E-state index in [1.165, 1.54) is 16.4 Å². The normalized spacial score (nSPS) is 14.7. The molecule has 4 rings (SSSR count). The smallest absolute Gasteiger partial charge is 0.264 e. The molecule has 162 valence electrons. The zero-order chi connectivity index (χ0) is 22.2. The second kappa shape index (κ2) is 8.23. The van der Waals surface area contributed by atoms with Gasteiger partial charge in [-0.2, -0.15) is 0 Å². The second-order valence-electron chi connectivity index (χ2n) is 7.90. The summed E-state index contributed by atoms with van der Waals surface area (Å²) in [4.78, 5) is 13.0. The first-order chi connectivity index (χ1) is 14.8. The third kappa shape index (κ3) is 4.10. The van der Waals surface area contributed by atoms with Crippen molar-refractivity contribution in [3.05, 3.63) is 82.8 Å². The van der Waals surface area contributed by atoms with E-state index < -0.39 is 10.0 Å². The van der Waals surface area contributed by atoms with Gasteiger partial charge in [0.15, 0.2) is 0 Å². The van der Waals surface area contributed by atoms with Crippen molar-refractivity contribution in [2.24, 2.45) is 0 Å². The van der Waals surface area contributed by atoms with Gasteiger partial charge in [-0.3, -0.25) is 9.10 Å². The number of carbonyl (C=O) groups excluding carboxylic acids is 1. The van der Waals surface area contributed by atoms with Crippen molar-refractivity contribution in [1.29, 1.82) is 0 Å². The number of nitrogens with one attached hydrogen (secondary N) is 1. The molecule has 0 bridgehead atoms. The van der Waals surface area contributed by atoms with E-state index in [-0.39, 0.29) is 16.8 Å². The van der Waals surface area contributed by atoms with E-state index in [2.05, 4.69) is 5.32 Å². The predicted octanol–water partition coefficient (Wildman–Crippen LogP) is 4.53. The molecule has 1 unspecified atom stereocenters. The molecule has 31 heavy (non-hydrogen) atoms. The highest BCUT2D eigenvalue weighted by molar-refractivity contribution is 7.92. The summed E-state index contributed by atoms with van der Waals surface area (Å²) in [6, 6.07) is 15.4. The number of aryl methyl sites for hydroxylation is 3. The molecule has 0 saturated heterocycles. The maximum absolute atomic E-state index is 13.4. The number of benzene rings is 2. The van der Waals surface area contributed by atoms with E-state index in [4.69, 9.17) is 4.42 Å². The van der Waals surface area contributed by atoms with Gasteiger partial charge in [0.2, 0.25) is 0 Å². The molecule has 2 aromatic carbocycles. The summed E-state index contributed by atoms with van der Waals surface area (Å²) in [5.74, 6) is 1.20. The molecule has 0 aliphatic carbocycles. The molecule has 0 fully saturated rings. The third-order valence-corrected chi connectivity index (χ3v) is 7.45. The zero-order valence-electron chi connectivity index (χ0n) is 17.9. The first-order valence-corrected chi connectivity index (χ1v) is 11.8. The van der Waals surface area contributed by atoms with Gasteiger partial charge in [0.1, 0.15) is 11.5 Å². The predicted molar refractivity (Wildman–Crippen MR) is 120 cm³/mol. The van der Waals surface area contributed by atoms with Gasteiger partial charge in [-0.1, -0.05) is 24.3 Å². The fourth-order valence-electron chi connectivity index (χ4n) is 4.11. The number of hydrogen-bond acceptors (Lipinski definition) is 4. The number of furan rings is 1. The Bertz CT molecular complexity index is 1230. The first kappa shape index (κ1) is 21.2. The quantitative estimate of drug-likeness (QED) is 0.635. The van der Waals surface area contributed by atoms with Gasteiger partial charge in [0.25, 0.3) is 15.9 Å². The lowest BCUT2D eigenvalue weighted by molar-refractivity contribution is 0.0939. The van der Waals surface area contributed by atoms with Gasteiger partial charge in [-0.25, -0.2) is 8.42 Å². The van der Waals surface area contributed by atoms with Crippen LogP contribution in [0.5, 0.6) is 0 Å². The molecule has 1 atom stereocenters. The molecule has 6 nitrogen and oxygen atoms in total. The molecule has 0 spiro atoms. The molecule has 1 aromatic heterocycles. The molecule has 1 aliphatic rings. The molecular formula is C24H26N2O4S. The van der Waals surface area contributed by atoms with Crippen LogP contribution < -0.4 is 9.62 Å². The summed E-state index contributed by atoms with van der Waals surface area (Å²) in [6.07, 6.45) is 1.62. The van der Waals surface area contributed by atoms with Crippen LogP contribution in [0.4, 0.5) is 5.69 Å². The summed E-state index contributed by atoms with van der Waals surface area (Å²) in [5.41, 5.74) is 2.93. The van der Waals surface area contributed by atoms with Gasteiger partial charge >= 0.3 is 0 Å². The van der Waals surface area contributed by atoms with Crippen LogP contribution in [0.15, 0.2) is 63.9 Å². The molecule has 1 amide bonds. The number of carbonyl (C=O) groups is 1. The highest BCUT2D eigenvalue weighted by Gasteiger charge is 2.29. The van der Waals surface area contributed by atoms with Crippen LogP contribution >= 0.6 is 0 Å². The van der Waals surface area contributed by atoms with E-state index >= 15 is 0 Å². The second-order valence-corrected chi connectivity index (χ2v) is 9.76. The lowest BCUT2D eigenvalue weighted by Gasteiger charge is -2.30. The monoisotopic (exact) mass is 438 g/mol. The van der Waals surface area contributed by atoms with Crippen LogP contribution in [0.2, 0.25) is 0 Å². The zero-order valence-corrected chi connectivity index (χ0v) is 18.7. The van der Waals surface area contributed by atoms with Crippen molar-refractivity contribution in [3.63, 3.8) is 0 Å². The number of hydrogen-bond donors (Lipinski definition) is 1. The Hall–Kier alpha value is -3.06. The highest BCUT2D eigenvalue weighted by atomic mass is 32.2. The Labute approximate surface area is 182 Å². The molecule has 0 saturated carbocycles. The third-order valence-electron chi connectivity index (χ3n) is 5.65. The summed E-state index contributed by atoms with van der Waals surface area (Å²) < 4.78 is 33.8. The number of nitrogens with zero attached hydrogens (tertiary/aromatic N) is 1. The highest BCUT2D eigenvalue weighted by Crippen LogP contribution is 2.32. The minimum absolute atomic E-state index is 0.111. The van der Waals surface area contributed by atoms with Crippen molar-refractivity contribution >= 4 is 21.6 Å².